The van der Waals surface area contributed by atoms with E-state index in [0.717, 1.165) is 0 Å². The highest BCUT2D eigenvalue weighted by atomic mass is 16.5. The van der Waals surface area contributed by atoms with Crippen LogP contribution in [-0.2, 0) is 9.47 Å². The number of rotatable bonds is 8. The number of primary amides is 1. The zero-order valence-corrected chi connectivity index (χ0v) is 20.1. The molecular formula is C27H25N5O5. The first kappa shape index (κ1) is 24.1. The van der Waals surface area contributed by atoms with Crippen LogP contribution in [0, 0.1) is 18.8 Å². The van der Waals surface area contributed by atoms with Crippen molar-refractivity contribution >= 4 is 29.0 Å². The zero-order chi connectivity index (χ0) is 25.9. The number of hydrogen-bond acceptors (Lipinski definition) is 8. The molecule has 3 unspecified atom stereocenters. The van der Waals surface area contributed by atoms with E-state index in [2.05, 4.69) is 15.0 Å². The van der Waals surface area contributed by atoms with E-state index in [4.69, 9.17) is 15.2 Å². The van der Waals surface area contributed by atoms with Crippen LogP contribution in [0.25, 0.3) is 11.2 Å². The molecule has 5 rings (SSSR count). The molecule has 1 aliphatic carbocycles. The Hall–Kier alpha value is -4.60. The molecule has 1 amide bonds. The predicted octanol–water partition coefficient (Wildman–Crippen LogP) is 3.12. The van der Waals surface area contributed by atoms with E-state index in [9.17, 15) is 14.4 Å². The normalized spacial score (nSPS) is 18.7. The van der Waals surface area contributed by atoms with Gasteiger partial charge in [0.25, 0.3) is 5.91 Å². The Kier molecular flexibility index (Phi) is 6.63. The maximum absolute atomic E-state index is 12.6. The van der Waals surface area contributed by atoms with Gasteiger partial charge < -0.3 is 19.8 Å². The van der Waals surface area contributed by atoms with Gasteiger partial charge in [0.1, 0.15) is 11.3 Å². The number of amides is 1. The largest absolute Gasteiger partial charge is 0.462 e. The lowest BCUT2D eigenvalue weighted by Gasteiger charge is -2.44. The van der Waals surface area contributed by atoms with Gasteiger partial charge in [-0.1, -0.05) is 36.4 Å². The molecule has 10 nitrogen and oxygen atoms in total. The highest BCUT2D eigenvalue weighted by Crippen LogP contribution is 2.45. The summed E-state index contributed by atoms with van der Waals surface area (Å²) in [5.41, 5.74) is 7.27. The summed E-state index contributed by atoms with van der Waals surface area (Å²) in [5, 5.41) is 0. The fraction of sp³-hybridized carbons (Fsp3) is 0.259. The second-order valence-corrected chi connectivity index (χ2v) is 8.96. The SMILES string of the molecule is Cc1nc(C(N)=O)c2ncn(C3CC(COC(=O)c4ccccc4)C3COC(=O)c3ccccc3)c2n1. The molecule has 2 aromatic heterocycles. The number of benzene rings is 2. The summed E-state index contributed by atoms with van der Waals surface area (Å²) in [6.07, 6.45) is 2.23. The van der Waals surface area contributed by atoms with E-state index < -0.39 is 17.8 Å². The Morgan fingerprint density at radius 1 is 0.919 bits per heavy atom. The van der Waals surface area contributed by atoms with Gasteiger partial charge in [-0.3, -0.25) is 4.79 Å². The van der Waals surface area contributed by atoms with Gasteiger partial charge in [-0.25, -0.2) is 24.5 Å². The predicted molar refractivity (Wildman–Crippen MR) is 133 cm³/mol. The van der Waals surface area contributed by atoms with Gasteiger partial charge in [0.05, 0.1) is 30.7 Å². The van der Waals surface area contributed by atoms with Crippen molar-refractivity contribution in [3.63, 3.8) is 0 Å². The number of ether oxygens (including phenoxy) is 2. The number of imidazole rings is 1. The molecule has 0 spiro atoms. The molecule has 4 aromatic rings. The molecule has 0 aliphatic heterocycles. The van der Waals surface area contributed by atoms with Gasteiger partial charge in [0, 0.05) is 17.9 Å². The minimum Gasteiger partial charge on any atom is -0.462 e. The third-order valence-corrected chi connectivity index (χ3v) is 6.62. The van der Waals surface area contributed by atoms with Crippen molar-refractivity contribution < 1.29 is 23.9 Å². The molecule has 2 heterocycles. The molecule has 188 valence electrons. The molecule has 37 heavy (non-hydrogen) atoms. The van der Waals surface area contributed by atoms with Crippen LogP contribution in [0.15, 0.2) is 67.0 Å². The van der Waals surface area contributed by atoms with Crippen LogP contribution in [0.4, 0.5) is 0 Å². The molecule has 2 aromatic carbocycles. The van der Waals surface area contributed by atoms with Gasteiger partial charge in [-0.15, -0.1) is 0 Å². The number of carbonyl (C=O) groups excluding carboxylic acids is 3. The molecule has 10 heteroatoms. The van der Waals surface area contributed by atoms with Crippen LogP contribution in [0.5, 0.6) is 0 Å². The minimum atomic E-state index is -0.687. The molecule has 0 saturated heterocycles. The molecule has 2 N–H and O–H groups in total. The third kappa shape index (κ3) is 4.90. The van der Waals surface area contributed by atoms with Crippen molar-refractivity contribution in [2.75, 3.05) is 13.2 Å². The lowest BCUT2D eigenvalue weighted by Crippen LogP contribution is -2.44. The fourth-order valence-corrected chi connectivity index (χ4v) is 4.65. The maximum Gasteiger partial charge on any atom is 0.338 e. The van der Waals surface area contributed by atoms with Crippen LogP contribution in [0.2, 0.25) is 0 Å². The van der Waals surface area contributed by atoms with Gasteiger partial charge in [0.2, 0.25) is 0 Å². The van der Waals surface area contributed by atoms with Crippen LogP contribution in [0.1, 0.15) is 49.5 Å². The number of nitrogens with two attached hydrogens (primary N) is 1. The summed E-state index contributed by atoms with van der Waals surface area (Å²) in [6.45, 7) is 1.96. The topological polar surface area (TPSA) is 139 Å². The monoisotopic (exact) mass is 499 g/mol. The number of esters is 2. The number of nitrogens with zero attached hydrogens (tertiary/aromatic N) is 4. The molecule has 0 radical (unpaired) electrons. The first-order chi connectivity index (χ1) is 17.9. The van der Waals surface area contributed by atoms with Crippen molar-refractivity contribution in [3.05, 3.63) is 89.6 Å². The summed E-state index contributed by atoms with van der Waals surface area (Å²) < 4.78 is 13.1. The Labute approximate surface area is 212 Å². The molecule has 3 atom stereocenters. The summed E-state index contributed by atoms with van der Waals surface area (Å²) in [4.78, 5) is 50.0. The Morgan fingerprint density at radius 3 is 2.11 bits per heavy atom. The van der Waals surface area contributed by atoms with Crippen LogP contribution < -0.4 is 5.73 Å². The van der Waals surface area contributed by atoms with E-state index in [1.165, 1.54) is 0 Å². The van der Waals surface area contributed by atoms with E-state index >= 15 is 0 Å². The van der Waals surface area contributed by atoms with E-state index in [-0.39, 0.29) is 36.8 Å². The number of aromatic nitrogens is 4. The fourth-order valence-electron chi connectivity index (χ4n) is 4.65. The van der Waals surface area contributed by atoms with Crippen molar-refractivity contribution in [2.45, 2.75) is 19.4 Å². The summed E-state index contributed by atoms with van der Waals surface area (Å²) in [6, 6.07) is 17.4. The quantitative estimate of drug-likeness (QED) is 0.365. The second-order valence-electron chi connectivity index (χ2n) is 8.96. The van der Waals surface area contributed by atoms with Gasteiger partial charge >= 0.3 is 11.9 Å². The lowest BCUT2D eigenvalue weighted by molar-refractivity contribution is -0.0308. The first-order valence-corrected chi connectivity index (χ1v) is 11.9. The molecular weight excluding hydrogens is 474 g/mol. The Balaban J connectivity index is 1.37. The van der Waals surface area contributed by atoms with Gasteiger partial charge in [-0.05, 0) is 37.6 Å². The highest BCUT2D eigenvalue weighted by Gasteiger charge is 2.44. The smallest absolute Gasteiger partial charge is 0.338 e. The standard InChI is InChI=1S/C27H25N5O5/c1-16-30-22(24(28)33)23-25(31-16)32(15-29-23)21-12-19(13-36-26(34)17-8-4-2-5-9-17)20(21)14-37-27(35)18-10-6-3-7-11-18/h2-11,15,19-21H,12-14H2,1H3,(H2,28,33). The third-order valence-electron chi connectivity index (χ3n) is 6.62. The van der Waals surface area contributed by atoms with Crippen molar-refractivity contribution in [1.82, 2.24) is 19.5 Å². The van der Waals surface area contributed by atoms with Crippen LogP contribution >= 0.6 is 0 Å². The highest BCUT2D eigenvalue weighted by molar-refractivity contribution is 6.01. The average Bonchev–Trinajstić information content (AvgIpc) is 3.31. The van der Waals surface area contributed by atoms with E-state index in [1.54, 1.807) is 61.8 Å². The number of hydrogen-bond donors (Lipinski definition) is 1. The van der Waals surface area contributed by atoms with Crippen molar-refractivity contribution in [2.24, 2.45) is 17.6 Å². The lowest BCUT2D eigenvalue weighted by atomic mass is 9.69. The second kappa shape index (κ2) is 10.2. The average molecular weight is 500 g/mol. The summed E-state index contributed by atoms with van der Waals surface area (Å²) in [5.74, 6) is -1.38. The van der Waals surface area contributed by atoms with E-state index in [0.29, 0.717) is 34.5 Å². The number of carbonyl (C=O) groups is 3. The van der Waals surface area contributed by atoms with E-state index in [1.807, 2.05) is 16.7 Å². The summed E-state index contributed by atoms with van der Waals surface area (Å²) >= 11 is 0. The van der Waals surface area contributed by atoms with Crippen molar-refractivity contribution in [1.29, 1.82) is 0 Å². The Morgan fingerprint density at radius 2 is 1.51 bits per heavy atom. The number of aryl methyl sites for hydroxylation is 1. The number of fused-ring (bicyclic) bond motifs is 1. The van der Waals surface area contributed by atoms with Gasteiger partial charge in [-0.2, -0.15) is 0 Å². The molecule has 1 saturated carbocycles. The van der Waals surface area contributed by atoms with Crippen LogP contribution in [-0.4, -0.2) is 50.6 Å². The Bertz CT molecular complexity index is 1450. The van der Waals surface area contributed by atoms with Gasteiger partial charge in [0.15, 0.2) is 11.3 Å². The first-order valence-electron chi connectivity index (χ1n) is 11.9. The molecule has 1 fully saturated rings. The maximum atomic E-state index is 12.6. The molecule has 1 aliphatic rings. The summed E-state index contributed by atoms with van der Waals surface area (Å²) in [7, 11) is 0. The molecule has 0 bridgehead atoms. The minimum absolute atomic E-state index is 0.0565. The van der Waals surface area contributed by atoms with Crippen molar-refractivity contribution in [3.8, 4) is 0 Å². The zero-order valence-electron chi connectivity index (χ0n) is 20.1. The van der Waals surface area contributed by atoms with Crippen LogP contribution in [0.3, 0.4) is 0 Å².